The fourth-order valence-electron chi connectivity index (χ4n) is 1.90. The summed E-state index contributed by atoms with van der Waals surface area (Å²) < 4.78 is 18.7. The fourth-order valence-corrected chi connectivity index (χ4v) is 2.12. The van der Waals surface area contributed by atoms with Crippen LogP contribution in [0.25, 0.3) is 22.8 Å². The quantitative estimate of drug-likeness (QED) is 0.715. The van der Waals surface area contributed by atoms with Crippen molar-refractivity contribution < 1.29 is 8.91 Å². The zero-order valence-electron chi connectivity index (χ0n) is 10.5. The lowest BCUT2D eigenvalue weighted by Crippen LogP contribution is -1.89. The van der Waals surface area contributed by atoms with E-state index in [-0.39, 0.29) is 22.8 Å². The molecule has 0 radical (unpaired) electrons. The molecule has 0 atom stereocenters. The number of halogens is 2. The highest BCUT2D eigenvalue weighted by Crippen LogP contribution is 2.29. The number of benzene rings is 2. The summed E-state index contributed by atoms with van der Waals surface area (Å²) in [6.07, 6.45) is 0. The highest BCUT2D eigenvalue weighted by atomic mass is 35.5. The normalized spacial score (nSPS) is 10.3. The molecule has 0 fully saturated rings. The van der Waals surface area contributed by atoms with E-state index in [4.69, 9.17) is 21.4 Å². The Hall–Kier alpha value is -2.71. The van der Waals surface area contributed by atoms with E-state index in [1.165, 1.54) is 12.1 Å². The second-order valence-corrected chi connectivity index (χ2v) is 4.58. The van der Waals surface area contributed by atoms with Gasteiger partial charge in [-0.05, 0) is 24.3 Å². The molecule has 6 heteroatoms. The van der Waals surface area contributed by atoms with Gasteiger partial charge in [0.2, 0.25) is 5.82 Å². The van der Waals surface area contributed by atoms with Crippen LogP contribution >= 0.6 is 11.6 Å². The summed E-state index contributed by atoms with van der Waals surface area (Å²) in [5, 5.41) is 13.3. The zero-order valence-corrected chi connectivity index (χ0v) is 11.3. The molecule has 3 rings (SSSR count). The highest BCUT2D eigenvalue weighted by Gasteiger charge is 2.17. The minimum absolute atomic E-state index is 0.0703. The molecule has 0 spiro atoms. The average Bonchev–Trinajstić information content (AvgIpc) is 2.97. The minimum atomic E-state index is -0.632. The lowest BCUT2D eigenvalue weighted by atomic mass is 10.1. The molecule has 0 amide bonds. The third kappa shape index (κ3) is 2.37. The van der Waals surface area contributed by atoms with Gasteiger partial charge in [0.1, 0.15) is 17.4 Å². The Labute approximate surface area is 124 Å². The summed E-state index contributed by atoms with van der Waals surface area (Å²) in [6.45, 7) is 0. The van der Waals surface area contributed by atoms with Gasteiger partial charge in [-0.3, -0.25) is 0 Å². The standard InChI is InChI=1S/C15H7ClFN3O/c16-12-6-2-1-4-10(12)14-19-15(21-20-14)9-5-3-7-13(17)11(9)8-18/h1-7H. The summed E-state index contributed by atoms with van der Waals surface area (Å²) in [6, 6.07) is 13.0. The van der Waals surface area contributed by atoms with Crippen molar-refractivity contribution in [1.82, 2.24) is 10.1 Å². The first kappa shape index (κ1) is 13.3. The zero-order chi connectivity index (χ0) is 14.8. The Kier molecular flexibility index (Phi) is 3.38. The lowest BCUT2D eigenvalue weighted by Gasteiger charge is -1.98. The van der Waals surface area contributed by atoms with Crippen LogP contribution in [0, 0.1) is 17.1 Å². The summed E-state index contributed by atoms with van der Waals surface area (Å²) in [5.74, 6) is -0.280. The van der Waals surface area contributed by atoms with Crippen molar-refractivity contribution in [3.63, 3.8) is 0 Å². The first-order chi connectivity index (χ1) is 10.2. The molecular formula is C15H7ClFN3O. The van der Waals surface area contributed by atoms with Crippen molar-refractivity contribution in [2.45, 2.75) is 0 Å². The molecule has 0 saturated carbocycles. The molecule has 0 aliphatic carbocycles. The number of aromatic nitrogens is 2. The molecule has 2 aromatic carbocycles. The largest absolute Gasteiger partial charge is 0.334 e. The van der Waals surface area contributed by atoms with Crippen LogP contribution in [0.2, 0.25) is 5.02 Å². The third-order valence-electron chi connectivity index (χ3n) is 2.90. The van der Waals surface area contributed by atoms with E-state index in [2.05, 4.69) is 10.1 Å². The van der Waals surface area contributed by atoms with Gasteiger partial charge < -0.3 is 4.52 Å². The van der Waals surface area contributed by atoms with Crippen LogP contribution in [-0.2, 0) is 0 Å². The molecule has 21 heavy (non-hydrogen) atoms. The summed E-state index contributed by atoms with van der Waals surface area (Å²) in [5.41, 5.74) is 0.722. The minimum Gasteiger partial charge on any atom is -0.334 e. The molecule has 4 nitrogen and oxygen atoms in total. The maximum atomic E-state index is 13.6. The Morgan fingerprint density at radius 3 is 2.62 bits per heavy atom. The number of hydrogen-bond acceptors (Lipinski definition) is 4. The molecule has 0 N–H and O–H groups in total. The Morgan fingerprint density at radius 2 is 1.86 bits per heavy atom. The van der Waals surface area contributed by atoms with Gasteiger partial charge in [-0.25, -0.2) is 4.39 Å². The van der Waals surface area contributed by atoms with Crippen LogP contribution < -0.4 is 0 Å². The predicted molar refractivity (Wildman–Crippen MR) is 74.9 cm³/mol. The van der Waals surface area contributed by atoms with E-state index in [9.17, 15) is 4.39 Å². The maximum absolute atomic E-state index is 13.6. The van der Waals surface area contributed by atoms with Crippen LogP contribution in [0.1, 0.15) is 5.56 Å². The molecule has 1 aromatic heterocycles. The van der Waals surface area contributed by atoms with Crippen molar-refractivity contribution in [1.29, 1.82) is 5.26 Å². The molecule has 0 aliphatic rings. The molecule has 0 bridgehead atoms. The van der Waals surface area contributed by atoms with E-state index in [1.807, 2.05) is 0 Å². The van der Waals surface area contributed by atoms with Crippen LogP contribution in [0.3, 0.4) is 0 Å². The molecule has 3 aromatic rings. The molecule has 1 heterocycles. The van der Waals surface area contributed by atoms with Crippen LogP contribution in [0.15, 0.2) is 47.0 Å². The van der Waals surface area contributed by atoms with Gasteiger partial charge in [0.05, 0.1) is 10.6 Å². The molecule has 0 aliphatic heterocycles. The van der Waals surface area contributed by atoms with Crippen LogP contribution in [0.4, 0.5) is 4.39 Å². The van der Waals surface area contributed by atoms with Gasteiger partial charge in [-0.2, -0.15) is 10.2 Å². The van der Waals surface area contributed by atoms with Crippen molar-refractivity contribution in [3.8, 4) is 28.9 Å². The van der Waals surface area contributed by atoms with Crippen molar-refractivity contribution >= 4 is 11.6 Å². The van der Waals surface area contributed by atoms with Gasteiger partial charge >= 0.3 is 0 Å². The second-order valence-electron chi connectivity index (χ2n) is 4.18. The Balaban J connectivity index is 2.10. The monoisotopic (exact) mass is 299 g/mol. The number of nitrogens with zero attached hydrogens (tertiary/aromatic N) is 3. The summed E-state index contributed by atoms with van der Waals surface area (Å²) >= 11 is 6.06. The average molecular weight is 300 g/mol. The van der Waals surface area contributed by atoms with Crippen molar-refractivity contribution in [2.75, 3.05) is 0 Å². The van der Waals surface area contributed by atoms with Gasteiger partial charge in [-0.1, -0.05) is 35.0 Å². The highest BCUT2D eigenvalue weighted by molar-refractivity contribution is 6.33. The maximum Gasteiger partial charge on any atom is 0.259 e. The van der Waals surface area contributed by atoms with Crippen LogP contribution in [0.5, 0.6) is 0 Å². The first-order valence-corrected chi connectivity index (χ1v) is 6.36. The van der Waals surface area contributed by atoms with Crippen molar-refractivity contribution in [2.24, 2.45) is 0 Å². The SMILES string of the molecule is N#Cc1c(F)cccc1-c1nc(-c2ccccc2Cl)no1. The van der Waals surface area contributed by atoms with E-state index in [0.29, 0.717) is 10.6 Å². The number of hydrogen-bond donors (Lipinski definition) is 0. The molecule has 102 valence electrons. The smallest absolute Gasteiger partial charge is 0.259 e. The first-order valence-electron chi connectivity index (χ1n) is 5.98. The predicted octanol–water partition coefficient (Wildman–Crippen LogP) is 4.07. The second kappa shape index (κ2) is 5.35. The van der Waals surface area contributed by atoms with Gasteiger partial charge in [-0.15, -0.1) is 0 Å². The van der Waals surface area contributed by atoms with E-state index in [0.717, 1.165) is 0 Å². The van der Waals surface area contributed by atoms with Gasteiger partial charge in [0.25, 0.3) is 5.89 Å². The number of nitriles is 1. The lowest BCUT2D eigenvalue weighted by molar-refractivity contribution is 0.432. The topological polar surface area (TPSA) is 62.7 Å². The molecular weight excluding hydrogens is 293 g/mol. The van der Waals surface area contributed by atoms with Gasteiger partial charge in [0.15, 0.2) is 0 Å². The van der Waals surface area contributed by atoms with E-state index < -0.39 is 5.82 Å². The Bertz CT molecular complexity index is 854. The molecule has 0 saturated heterocycles. The summed E-state index contributed by atoms with van der Waals surface area (Å²) in [4.78, 5) is 4.18. The fraction of sp³-hybridized carbons (Fsp3) is 0. The van der Waals surface area contributed by atoms with E-state index >= 15 is 0 Å². The Morgan fingerprint density at radius 1 is 1.10 bits per heavy atom. The van der Waals surface area contributed by atoms with Gasteiger partial charge in [0, 0.05) is 5.56 Å². The summed E-state index contributed by atoms with van der Waals surface area (Å²) in [7, 11) is 0. The molecule has 0 unspecified atom stereocenters. The van der Waals surface area contributed by atoms with Crippen LogP contribution in [-0.4, -0.2) is 10.1 Å². The van der Waals surface area contributed by atoms with Crippen molar-refractivity contribution in [3.05, 3.63) is 58.9 Å². The third-order valence-corrected chi connectivity index (χ3v) is 3.23. The number of rotatable bonds is 2. The van der Waals surface area contributed by atoms with E-state index in [1.54, 1.807) is 36.4 Å².